The second-order valence-electron chi connectivity index (χ2n) is 0.645. The third-order valence-electron chi connectivity index (χ3n) is 0.180. The molecule has 0 saturated carbocycles. The van der Waals surface area contributed by atoms with Crippen LogP contribution >= 0.6 is 0 Å². The van der Waals surface area contributed by atoms with Crippen molar-refractivity contribution in [3.8, 4) is 0 Å². The van der Waals surface area contributed by atoms with Crippen LogP contribution in [0.5, 0.6) is 0 Å². The summed E-state index contributed by atoms with van der Waals surface area (Å²) in [5, 5.41) is 0. The molecule has 0 fully saturated rings. The van der Waals surface area contributed by atoms with E-state index < -0.39 is 19.3 Å². The molecule has 5 nitrogen and oxygen atoms in total. The Morgan fingerprint density at radius 2 is 1.56 bits per heavy atom. The van der Waals surface area contributed by atoms with Gasteiger partial charge in [0.25, 0.3) is 0 Å². The van der Waals surface area contributed by atoms with Crippen molar-refractivity contribution in [3.63, 3.8) is 0 Å². The van der Waals surface area contributed by atoms with E-state index >= 15 is 0 Å². The van der Waals surface area contributed by atoms with Crippen molar-refractivity contribution >= 4 is 46.6 Å². The summed E-state index contributed by atoms with van der Waals surface area (Å²) in [6, 6.07) is 0. The molecular formula is H5KO5PbS2. The SMILES string of the molecule is O=S(O)S(=O)(=O)O.[H-].[K+].[PbH2]. The molecule has 52 valence electrons. The first-order chi connectivity index (χ1) is 2.94. The molecule has 0 aliphatic rings. The van der Waals surface area contributed by atoms with E-state index in [1.807, 2.05) is 0 Å². The third-order valence-corrected chi connectivity index (χ3v) is 1.62. The monoisotopic (exact) mass is 396 g/mol. The molecule has 9 heteroatoms. The van der Waals surface area contributed by atoms with Gasteiger partial charge in [0.1, 0.15) is 0 Å². The molecule has 0 aromatic heterocycles. The molecule has 0 rings (SSSR count). The van der Waals surface area contributed by atoms with Crippen LogP contribution in [0.15, 0.2) is 0 Å². The van der Waals surface area contributed by atoms with Gasteiger partial charge in [0.15, 0.2) is 0 Å². The first-order valence-electron chi connectivity index (χ1n) is 1.03. The molecule has 0 amide bonds. The first-order valence-corrected chi connectivity index (χ1v) is 4.10. The van der Waals surface area contributed by atoms with Gasteiger partial charge in [-0.15, -0.1) is 0 Å². The van der Waals surface area contributed by atoms with Crippen molar-refractivity contribution < 1.29 is 74.5 Å². The minimum absolute atomic E-state index is 0. The molecule has 0 aromatic rings. The maximum atomic E-state index is 9.34. The fourth-order valence-electron chi connectivity index (χ4n) is 0. The van der Waals surface area contributed by atoms with Gasteiger partial charge in [-0.2, -0.15) is 8.42 Å². The van der Waals surface area contributed by atoms with Gasteiger partial charge in [-0.05, 0) is 0 Å². The number of hydrogen-bond acceptors (Lipinski definition) is 3. The first kappa shape index (κ1) is 17.6. The Bertz CT molecular complexity index is 174. The number of hydrogen-bond donors (Lipinski definition) is 2. The molecule has 0 aliphatic carbocycles. The summed E-state index contributed by atoms with van der Waals surface area (Å²) in [6.07, 6.45) is 0. The van der Waals surface area contributed by atoms with Crippen LogP contribution in [0, 0.1) is 0 Å². The molecular weight excluding hydrogens is 390 g/mol. The molecule has 0 aliphatic heterocycles. The molecule has 9 heavy (non-hydrogen) atoms. The van der Waals surface area contributed by atoms with E-state index in [0.717, 1.165) is 0 Å². The summed E-state index contributed by atoms with van der Waals surface area (Å²) < 4.78 is 43.0. The van der Waals surface area contributed by atoms with Crippen LogP contribution in [0.3, 0.4) is 0 Å². The van der Waals surface area contributed by atoms with Gasteiger partial charge in [-0.1, -0.05) is 0 Å². The van der Waals surface area contributed by atoms with Gasteiger partial charge < -0.3 is 1.43 Å². The average molecular weight is 395 g/mol. The Morgan fingerprint density at radius 1 is 1.44 bits per heavy atom. The zero-order valence-corrected chi connectivity index (χ0v) is 14.9. The fraction of sp³-hybridized carbons (Fsp3) is 0. The topological polar surface area (TPSA) is 91.7 Å². The second kappa shape index (κ2) is 7.24. The van der Waals surface area contributed by atoms with E-state index in [0.29, 0.717) is 0 Å². The van der Waals surface area contributed by atoms with Crippen LogP contribution in [-0.4, -0.2) is 49.0 Å². The molecule has 2 N–H and O–H groups in total. The zero-order chi connectivity index (χ0) is 6.08. The number of rotatable bonds is 1. The van der Waals surface area contributed by atoms with Gasteiger partial charge in [-0.25, -0.2) is 4.21 Å². The van der Waals surface area contributed by atoms with Gasteiger partial charge in [0.05, 0.1) is 0 Å². The van der Waals surface area contributed by atoms with Crippen LogP contribution in [0.25, 0.3) is 0 Å². The van der Waals surface area contributed by atoms with Crippen LogP contribution < -0.4 is 51.4 Å². The predicted octanol–water partition coefficient (Wildman–Crippen LogP) is -4.79. The molecule has 1 unspecified atom stereocenters. The van der Waals surface area contributed by atoms with Crippen molar-refractivity contribution in [1.82, 2.24) is 0 Å². The van der Waals surface area contributed by atoms with E-state index in [2.05, 4.69) is 0 Å². The summed E-state index contributed by atoms with van der Waals surface area (Å²) in [5.41, 5.74) is 0. The standard InChI is InChI=1S/K.H2O5S2.Pb.3H/c;1-6(2)7(3,4)5;;;;/h;(H,1,2)(H,3,4,5);;;;/q+1;;;;;-1. The Labute approximate surface area is 118 Å². The molecule has 0 spiro atoms. The summed E-state index contributed by atoms with van der Waals surface area (Å²) in [5.74, 6) is 0. The molecule has 1 atom stereocenters. The van der Waals surface area contributed by atoms with Crippen molar-refractivity contribution in [3.05, 3.63) is 0 Å². The summed E-state index contributed by atoms with van der Waals surface area (Å²) >= 11 is 0. The van der Waals surface area contributed by atoms with E-state index in [9.17, 15) is 12.6 Å². The normalized spacial score (nSPS) is 12.7. The van der Waals surface area contributed by atoms with E-state index in [1.165, 1.54) is 0 Å². The third kappa shape index (κ3) is 10.6. The Hall–Kier alpha value is 2.58. The van der Waals surface area contributed by atoms with Crippen LogP contribution in [0.1, 0.15) is 1.43 Å². The molecule has 0 bridgehead atoms. The second-order valence-corrected chi connectivity index (χ2v) is 4.05. The molecule has 2 radical (unpaired) electrons. The zero-order valence-electron chi connectivity index (χ0n) is 5.64. The van der Waals surface area contributed by atoms with Crippen LogP contribution in [0.2, 0.25) is 0 Å². The average Bonchev–Trinajstić information content (AvgIpc) is 1.31. The van der Waals surface area contributed by atoms with E-state index in [1.54, 1.807) is 0 Å². The van der Waals surface area contributed by atoms with Crippen molar-refractivity contribution in [2.45, 2.75) is 0 Å². The predicted molar refractivity (Wildman–Crippen MR) is 32.0 cm³/mol. The van der Waals surface area contributed by atoms with Crippen LogP contribution in [0.4, 0.5) is 0 Å². The van der Waals surface area contributed by atoms with Gasteiger partial charge >= 0.3 is 97.9 Å². The van der Waals surface area contributed by atoms with E-state index in [-0.39, 0.29) is 80.1 Å². The Kier molecular flexibility index (Phi) is 14.2. The van der Waals surface area contributed by atoms with Gasteiger partial charge in [0, 0.05) is 0 Å². The molecule has 0 aromatic carbocycles. The minimum atomic E-state index is -4.71. The molecule has 0 saturated heterocycles. The molecule has 0 heterocycles. The van der Waals surface area contributed by atoms with Crippen molar-refractivity contribution in [2.75, 3.05) is 0 Å². The summed E-state index contributed by atoms with van der Waals surface area (Å²) in [4.78, 5) is 0. The Morgan fingerprint density at radius 3 is 1.56 bits per heavy atom. The van der Waals surface area contributed by atoms with Crippen LogP contribution in [-0.2, 0) is 19.3 Å². The van der Waals surface area contributed by atoms with Crippen molar-refractivity contribution in [2.24, 2.45) is 0 Å². The summed E-state index contributed by atoms with van der Waals surface area (Å²) in [6.45, 7) is 0. The maximum absolute atomic E-state index is 9.34. The van der Waals surface area contributed by atoms with E-state index in [4.69, 9.17) is 9.11 Å². The quantitative estimate of drug-likeness (QED) is 0.201. The van der Waals surface area contributed by atoms with Gasteiger partial charge in [0.2, 0.25) is 0 Å². The summed E-state index contributed by atoms with van der Waals surface area (Å²) in [7, 11) is -7.87. The van der Waals surface area contributed by atoms with Crippen molar-refractivity contribution in [1.29, 1.82) is 0 Å². The fourth-order valence-corrected chi connectivity index (χ4v) is 0. The Balaban J connectivity index is -0.0000000600. The van der Waals surface area contributed by atoms with Gasteiger partial charge in [-0.3, -0.25) is 9.11 Å².